The number of hydrogen-bond acceptors (Lipinski definition) is 4. The molecule has 5 heteroatoms. The highest BCUT2D eigenvalue weighted by molar-refractivity contribution is 5.78. The molecule has 0 aromatic heterocycles. The molecule has 0 radical (unpaired) electrons. The highest BCUT2D eigenvalue weighted by Crippen LogP contribution is 2.23. The monoisotopic (exact) mass is 259 g/mol. The molecule has 0 aliphatic carbocycles. The van der Waals surface area contributed by atoms with Crippen LogP contribution in [0.25, 0.3) is 0 Å². The van der Waals surface area contributed by atoms with E-state index in [-0.39, 0.29) is 11.3 Å². The number of aromatic hydroxyl groups is 1. The minimum atomic E-state index is -1.17. The molecule has 3 N–H and O–H groups in total. The first-order valence-corrected chi connectivity index (χ1v) is 5.88. The second-order valence-electron chi connectivity index (χ2n) is 2.70. The Labute approximate surface area is 108 Å². The van der Waals surface area contributed by atoms with Gasteiger partial charge in [0, 0.05) is 5.56 Å². The number of phenolic OH excluding ortho intramolecular Hbond substituents is 1. The number of hydrogen-bond donors (Lipinski definition) is 2. The van der Waals surface area contributed by atoms with Crippen LogP contribution in [0.4, 0.5) is 4.39 Å². The van der Waals surface area contributed by atoms with Crippen LogP contribution in [0.15, 0.2) is 18.2 Å². The van der Waals surface area contributed by atoms with E-state index in [0.717, 1.165) is 18.2 Å². The summed E-state index contributed by atoms with van der Waals surface area (Å²) in [4.78, 5) is 11.0. The number of halogens is 1. The van der Waals surface area contributed by atoms with Gasteiger partial charge in [0.1, 0.15) is 17.6 Å². The van der Waals surface area contributed by atoms with Crippen LogP contribution in [0.1, 0.15) is 39.3 Å². The molecule has 0 bridgehead atoms. The fourth-order valence-corrected chi connectivity index (χ4v) is 1.03. The first-order chi connectivity index (χ1) is 8.56. The predicted molar refractivity (Wildman–Crippen MR) is 69.7 cm³/mol. The molecule has 0 fully saturated rings. The number of phenols is 1. The molecule has 1 aromatic rings. The van der Waals surface area contributed by atoms with Gasteiger partial charge in [0.2, 0.25) is 0 Å². The van der Waals surface area contributed by atoms with Crippen LogP contribution in [-0.4, -0.2) is 18.2 Å². The quantitative estimate of drug-likeness (QED) is 0.801. The Kier molecular flexibility index (Phi) is 11.0. The third kappa shape index (κ3) is 5.63. The summed E-state index contributed by atoms with van der Waals surface area (Å²) in [7, 11) is 1.17. The molecule has 0 saturated heterocycles. The van der Waals surface area contributed by atoms with Gasteiger partial charge in [-0.1, -0.05) is 27.7 Å². The van der Waals surface area contributed by atoms with E-state index in [1.54, 1.807) is 0 Å². The normalized spacial score (nSPS) is 10.2. The van der Waals surface area contributed by atoms with Crippen molar-refractivity contribution < 1.29 is 19.0 Å². The zero-order valence-electron chi connectivity index (χ0n) is 11.5. The minimum absolute atomic E-state index is 0.0110. The number of carbonyl (C=O) groups is 1. The summed E-state index contributed by atoms with van der Waals surface area (Å²) in [5.74, 6) is -1.53. The molecule has 18 heavy (non-hydrogen) atoms. The molecule has 1 rings (SSSR count). The van der Waals surface area contributed by atoms with Gasteiger partial charge in [-0.25, -0.2) is 4.39 Å². The molecule has 1 aromatic carbocycles. The summed E-state index contributed by atoms with van der Waals surface area (Å²) in [6.07, 6.45) is 0. The van der Waals surface area contributed by atoms with Crippen LogP contribution in [0.3, 0.4) is 0 Å². The number of ether oxygens (including phenoxy) is 1. The van der Waals surface area contributed by atoms with Gasteiger partial charge < -0.3 is 15.6 Å². The van der Waals surface area contributed by atoms with Gasteiger partial charge in [-0.05, 0) is 18.2 Å². The van der Waals surface area contributed by atoms with E-state index in [1.807, 2.05) is 27.7 Å². The van der Waals surface area contributed by atoms with Gasteiger partial charge in [-0.15, -0.1) is 0 Å². The Morgan fingerprint density at radius 2 is 1.83 bits per heavy atom. The number of benzene rings is 1. The average Bonchev–Trinajstić information content (AvgIpc) is 2.44. The molecular formula is C13H22FNO3. The summed E-state index contributed by atoms with van der Waals surface area (Å²) in [6.45, 7) is 8.00. The lowest BCUT2D eigenvalue weighted by Gasteiger charge is -2.10. The maximum atomic E-state index is 12.8. The maximum absolute atomic E-state index is 12.8. The van der Waals surface area contributed by atoms with Gasteiger partial charge >= 0.3 is 5.97 Å². The van der Waals surface area contributed by atoms with Gasteiger partial charge in [0.25, 0.3) is 0 Å². The Morgan fingerprint density at radius 1 is 1.33 bits per heavy atom. The molecular weight excluding hydrogens is 237 g/mol. The standard InChI is InChI=1S/C9H10FNO3.2C2H6/c1-14-9(13)8(11)6-4-5(10)2-3-7(6)12;2*1-2/h2-4,8,12H,11H2,1H3;2*1-2H3. The number of nitrogens with two attached hydrogens (primary N) is 1. The number of rotatable bonds is 2. The summed E-state index contributed by atoms with van der Waals surface area (Å²) >= 11 is 0. The van der Waals surface area contributed by atoms with Gasteiger partial charge in [0.05, 0.1) is 7.11 Å². The van der Waals surface area contributed by atoms with Crippen molar-refractivity contribution in [2.75, 3.05) is 7.11 Å². The number of esters is 1. The van der Waals surface area contributed by atoms with Gasteiger partial charge in [-0.2, -0.15) is 0 Å². The van der Waals surface area contributed by atoms with Crippen molar-refractivity contribution in [3.63, 3.8) is 0 Å². The first-order valence-electron chi connectivity index (χ1n) is 5.88. The Bertz CT molecular complexity index is 356. The van der Waals surface area contributed by atoms with Crippen LogP contribution in [0.5, 0.6) is 5.75 Å². The van der Waals surface area contributed by atoms with E-state index in [2.05, 4.69) is 4.74 Å². The average molecular weight is 259 g/mol. The van der Waals surface area contributed by atoms with Gasteiger partial charge in [-0.3, -0.25) is 4.79 Å². The van der Waals surface area contributed by atoms with Gasteiger partial charge in [0.15, 0.2) is 0 Å². The van der Waals surface area contributed by atoms with E-state index in [0.29, 0.717) is 0 Å². The predicted octanol–water partition coefficient (Wildman–Crippen LogP) is 2.76. The molecule has 1 unspecified atom stereocenters. The van der Waals surface area contributed by atoms with Crippen LogP contribution in [0.2, 0.25) is 0 Å². The summed E-state index contributed by atoms with van der Waals surface area (Å²) in [5, 5.41) is 9.30. The van der Waals surface area contributed by atoms with Crippen molar-refractivity contribution in [3.05, 3.63) is 29.6 Å². The molecule has 0 amide bonds. The topological polar surface area (TPSA) is 72.5 Å². The molecule has 0 aliphatic rings. The SMILES string of the molecule is CC.CC.COC(=O)C(N)c1cc(F)ccc1O. The highest BCUT2D eigenvalue weighted by Gasteiger charge is 2.19. The number of carbonyl (C=O) groups excluding carboxylic acids is 1. The molecule has 0 spiro atoms. The Morgan fingerprint density at radius 3 is 2.28 bits per heavy atom. The van der Waals surface area contributed by atoms with Crippen molar-refractivity contribution >= 4 is 5.97 Å². The van der Waals surface area contributed by atoms with Crippen molar-refractivity contribution in [2.24, 2.45) is 5.73 Å². The molecule has 0 heterocycles. The van der Waals surface area contributed by atoms with Crippen LogP contribution in [0, 0.1) is 5.82 Å². The molecule has 1 atom stereocenters. The van der Waals surface area contributed by atoms with Crippen molar-refractivity contribution in [2.45, 2.75) is 33.7 Å². The lowest BCUT2D eigenvalue weighted by Crippen LogP contribution is -2.22. The van der Waals surface area contributed by atoms with Crippen molar-refractivity contribution in [1.29, 1.82) is 0 Å². The maximum Gasteiger partial charge on any atom is 0.327 e. The zero-order chi connectivity index (χ0) is 14.7. The second-order valence-corrected chi connectivity index (χ2v) is 2.70. The van der Waals surface area contributed by atoms with Crippen molar-refractivity contribution in [1.82, 2.24) is 0 Å². The summed E-state index contributed by atoms with van der Waals surface area (Å²) in [5.41, 5.74) is 5.43. The summed E-state index contributed by atoms with van der Waals surface area (Å²) < 4.78 is 17.1. The van der Waals surface area contributed by atoms with E-state index in [9.17, 15) is 14.3 Å². The third-order valence-corrected chi connectivity index (χ3v) is 1.78. The van der Waals surface area contributed by atoms with Crippen LogP contribution < -0.4 is 5.73 Å². The molecule has 0 aliphatic heterocycles. The summed E-state index contributed by atoms with van der Waals surface area (Å²) in [6, 6.07) is 2.03. The zero-order valence-corrected chi connectivity index (χ0v) is 11.5. The lowest BCUT2D eigenvalue weighted by molar-refractivity contribution is -0.142. The van der Waals surface area contributed by atoms with Crippen molar-refractivity contribution in [3.8, 4) is 5.75 Å². The largest absolute Gasteiger partial charge is 0.508 e. The highest BCUT2D eigenvalue weighted by atomic mass is 19.1. The van der Waals surface area contributed by atoms with Crippen LogP contribution >= 0.6 is 0 Å². The van der Waals surface area contributed by atoms with Crippen LogP contribution in [-0.2, 0) is 9.53 Å². The molecule has 4 nitrogen and oxygen atoms in total. The number of methoxy groups -OCH3 is 1. The second kappa shape index (κ2) is 10.5. The smallest absolute Gasteiger partial charge is 0.327 e. The fraction of sp³-hybridized carbons (Fsp3) is 0.462. The Hall–Kier alpha value is -1.62. The third-order valence-electron chi connectivity index (χ3n) is 1.78. The molecule has 104 valence electrons. The lowest BCUT2D eigenvalue weighted by atomic mass is 10.1. The minimum Gasteiger partial charge on any atom is -0.508 e. The van der Waals surface area contributed by atoms with E-state index in [4.69, 9.17) is 5.73 Å². The first kappa shape index (κ1) is 18.7. The molecule has 0 saturated carbocycles. The van der Waals surface area contributed by atoms with E-state index >= 15 is 0 Å². The van der Waals surface area contributed by atoms with E-state index in [1.165, 1.54) is 7.11 Å². The van der Waals surface area contributed by atoms with E-state index < -0.39 is 17.8 Å². The Balaban J connectivity index is 0. The fourth-order valence-electron chi connectivity index (χ4n) is 1.03.